The van der Waals surface area contributed by atoms with Gasteiger partial charge in [0.2, 0.25) is 0 Å². The molecule has 1 aliphatic rings. The van der Waals surface area contributed by atoms with E-state index in [2.05, 4.69) is 22.1 Å². The van der Waals surface area contributed by atoms with Gasteiger partial charge in [-0.1, -0.05) is 19.1 Å². The number of aromatic nitrogens is 1. The molecule has 4 nitrogen and oxygen atoms in total. The van der Waals surface area contributed by atoms with E-state index in [0.29, 0.717) is 6.04 Å². The molecule has 0 bridgehead atoms. The molecule has 4 heteroatoms. The SMILES string of the molecule is CCNCC1CCCCN1c1nc2ccccc2o1. The molecule has 19 heavy (non-hydrogen) atoms. The van der Waals surface area contributed by atoms with Crippen LogP contribution in [-0.4, -0.2) is 30.7 Å². The van der Waals surface area contributed by atoms with Crippen molar-refractivity contribution in [3.63, 3.8) is 0 Å². The Morgan fingerprint density at radius 3 is 3.11 bits per heavy atom. The number of hydrogen-bond acceptors (Lipinski definition) is 4. The van der Waals surface area contributed by atoms with Crippen LogP contribution in [0.25, 0.3) is 11.1 Å². The van der Waals surface area contributed by atoms with E-state index in [1.807, 2.05) is 24.3 Å². The van der Waals surface area contributed by atoms with Crippen molar-refractivity contribution in [2.75, 3.05) is 24.5 Å². The Morgan fingerprint density at radius 2 is 2.26 bits per heavy atom. The fourth-order valence-electron chi connectivity index (χ4n) is 2.76. The van der Waals surface area contributed by atoms with Crippen molar-refractivity contribution in [2.45, 2.75) is 32.2 Å². The minimum atomic E-state index is 0.502. The maximum absolute atomic E-state index is 5.90. The maximum atomic E-state index is 5.90. The largest absolute Gasteiger partial charge is 0.423 e. The van der Waals surface area contributed by atoms with Gasteiger partial charge in [-0.3, -0.25) is 0 Å². The summed E-state index contributed by atoms with van der Waals surface area (Å²) in [7, 11) is 0. The van der Waals surface area contributed by atoms with Crippen molar-refractivity contribution < 1.29 is 4.42 Å². The van der Waals surface area contributed by atoms with E-state index in [-0.39, 0.29) is 0 Å². The molecule has 1 aromatic carbocycles. The Kier molecular flexibility index (Phi) is 3.69. The summed E-state index contributed by atoms with van der Waals surface area (Å²) < 4.78 is 5.90. The van der Waals surface area contributed by atoms with Crippen LogP contribution in [0.15, 0.2) is 28.7 Å². The zero-order chi connectivity index (χ0) is 13.1. The zero-order valence-electron chi connectivity index (χ0n) is 11.4. The minimum Gasteiger partial charge on any atom is -0.423 e. The topological polar surface area (TPSA) is 41.3 Å². The van der Waals surface area contributed by atoms with Crippen LogP contribution in [0.4, 0.5) is 6.01 Å². The molecule has 102 valence electrons. The van der Waals surface area contributed by atoms with Crippen molar-refractivity contribution in [2.24, 2.45) is 0 Å². The van der Waals surface area contributed by atoms with Gasteiger partial charge in [0, 0.05) is 19.1 Å². The monoisotopic (exact) mass is 259 g/mol. The molecular formula is C15H21N3O. The summed E-state index contributed by atoms with van der Waals surface area (Å²) in [5.74, 6) is 0. The number of hydrogen-bond donors (Lipinski definition) is 1. The Balaban J connectivity index is 1.84. The standard InChI is InChI=1S/C15H21N3O/c1-2-16-11-12-7-5-6-10-18(12)15-17-13-8-3-4-9-14(13)19-15/h3-4,8-9,12,16H,2,5-7,10-11H2,1H3. The van der Waals surface area contributed by atoms with Crippen LogP contribution < -0.4 is 10.2 Å². The molecule has 3 rings (SSSR count). The van der Waals surface area contributed by atoms with E-state index in [9.17, 15) is 0 Å². The van der Waals surface area contributed by atoms with E-state index in [0.717, 1.165) is 36.7 Å². The summed E-state index contributed by atoms with van der Waals surface area (Å²) in [6, 6.07) is 9.26. The molecule has 0 aliphatic carbocycles. The second-order valence-electron chi connectivity index (χ2n) is 5.11. The number of para-hydroxylation sites is 2. The zero-order valence-corrected chi connectivity index (χ0v) is 11.4. The van der Waals surface area contributed by atoms with E-state index in [1.54, 1.807) is 0 Å². The van der Waals surface area contributed by atoms with Crippen molar-refractivity contribution in [3.8, 4) is 0 Å². The molecule has 1 saturated heterocycles. The second-order valence-corrected chi connectivity index (χ2v) is 5.11. The van der Waals surface area contributed by atoms with E-state index in [1.165, 1.54) is 19.3 Å². The van der Waals surface area contributed by atoms with Gasteiger partial charge < -0.3 is 14.6 Å². The molecule has 0 saturated carbocycles. The Hall–Kier alpha value is -1.55. The van der Waals surface area contributed by atoms with E-state index >= 15 is 0 Å². The van der Waals surface area contributed by atoms with Crippen LogP contribution in [0.3, 0.4) is 0 Å². The molecular weight excluding hydrogens is 238 g/mol. The number of likely N-dealkylation sites (N-methyl/N-ethyl adjacent to an activating group) is 1. The third-order valence-corrected chi connectivity index (χ3v) is 3.79. The van der Waals surface area contributed by atoms with Crippen molar-refractivity contribution in [3.05, 3.63) is 24.3 Å². The highest BCUT2D eigenvalue weighted by molar-refractivity contribution is 5.74. The molecule has 1 unspecified atom stereocenters. The number of benzene rings is 1. The van der Waals surface area contributed by atoms with Crippen LogP contribution in [0.1, 0.15) is 26.2 Å². The maximum Gasteiger partial charge on any atom is 0.298 e. The highest BCUT2D eigenvalue weighted by Gasteiger charge is 2.25. The lowest BCUT2D eigenvalue weighted by molar-refractivity contribution is 0.409. The van der Waals surface area contributed by atoms with Crippen LogP contribution in [0.5, 0.6) is 0 Å². The minimum absolute atomic E-state index is 0.502. The van der Waals surface area contributed by atoms with Gasteiger partial charge in [0.1, 0.15) is 5.52 Å². The first-order valence-electron chi connectivity index (χ1n) is 7.21. The summed E-state index contributed by atoms with van der Waals surface area (Å²) in [5.41, 5.74) is 1.83. The second kappa shape index (κ2) is 5.61. The van der Waals surface area contributed by atoms with Crippen molar-refractivity contribution in [1.82, 2.24) is 10.3 Å². The molecule has 1 atom stereocenters. The third-order valence-electron chi connectivity index (χ3n) is 3.79. The predicted molar refractivity (Wildman–Crippen MR) is 77.5 cm³/mol. The molecule has 1 aromatic heterocycles. The lowest BCUT2D eigenvalue weighted by Gasteiger charge is -2.34. The highest BCUT2D eigenvalue weighted by atomic mass is 16.4. The van der Waals surface area contributed by atoms with Gasteiger partial charge in [0.15, 0.2) is 5.58 Å². The number of anilines is 1. The first-order valence-corrected chi connectivity index (χ1v) is 7.21. The molecule has 1 aliphatic heterocycles. The Morgan fingerprint density at radius 1 is 1.37 bits per heavy atom. The summed E-state index contributed by atoms with van der Waals surface area (Å²) in [6.07, 6.45) is 3.74. The van der Waals surface area contributed by atoms with Crippen LogP contribution >= 0.6 is 0 Å². The predicted octanol–water partition coefficient (Wildman–Crippen LogP) is 2.80. The van der Waals surface area contributed by atoms with Gasteiger partial charge in [-0.25, -0.2) is 0 Å². The molecule has 2 heterocycles. The first-order chi connectivity index (χ1) is 9.38. The quantitative estimate of drug-likeness (QED) is 0.916. The highest BCUT2D eigenvalue weighted by Crippen LogP contribution is 2.27. The first kappa shape index (κ1) is 12.5. The van der Waals surface area contributed by atoms with Crippen LogP contribution in [0, 0.1) is 0 Å². The summed E-state index contributed by atoms with van der Waals surface area (Å²) in [6.45, 7) is 5.21. The van der Waals surface area contributed by atoms with E-state index < -0.39 is 0 Å². The molecule has 0 spiro atoms. The van der Waals surface area contributed by atoms with Crippen LogP contribution in [0.2, 0.25) is 0 Å². The van der Waals surface area contributed by atoms with Crippen LogP contribution in [-0.2, 0) is 0 Å². The molecule has 1 fully saturated rings. The number of nitrogens with one attached hydrogen (secondary N) is 1. The molecule has 0 radical (unpaired) electrons. The molecule has 1 N–H and O–H groups in total. The van der Waals surface area contributed by atoms with Gasteiger partial charge in [-0.15, -0.1) is 0 Å². The van der Waals surface area contributed by atoms with Crippen molar-refractivity contribution in [1.29, 1.82) is 0 Å². The van der Waals surface area contributed by atoms with Gasteiger partial charge in [0.25, 0.3) is 6.01 Å². The normalized spacial score (nSPS) is 20.1. The average molecular weight is 259 g/mol. The lowest BCUT2D eigenvalue weighted by Crippen LogP contribution is -2.45. The van der Waals surface area contributed by atoms with Crippen molar-refractivity contribution >= 4 is 17.1 Å². The fraction of sp³-hybridized carbons (Fsp3) is 0.533. The summed E-state index contributed by atoms with van der Waals surface area (Å²) >= 11 is 0. The number of piperidine rings is 1. The lowest BCUT2D eigenvalue weighted by atomic mass is 10.0. The Labute approximate surface area is 113 Å². The van der Waals surface area contributed by atoms with Gasteiger partial charge in [-0.2, -0.15) is 4.98 Å². The third kappa shape index (κ3) is 2.59. The number of rotatable bonds is 4. The smallest absolute Gasteiger partial charge is 0.298 e. The number of oxazole rings is 1. The number of nitrogens with zero attached hydrogens (tertiary/aromatic N) is 2. The fourth-order valence-corrected chi connectivity index (χ4v) is 2.76. The van der Waals surface area contributed by atoms with Gasteiger partial charge >= 0.3 is 0 Å². The molecule has 2 aromatic rings. The summed E-state index contributed by atoms with van der Waals surface area (Å²) in [4.78, 5) is 6.95. The Bertz CT molecular complexity index is 504. The van der Waals surface area contributed by atoms with Gasteiger partial charge in [-0.05, 0) is 37.9 Å². The molecule has 0 amide bonds. The summed E-state index contributed by atoms with van der Waals surface area (Å²) in [5, 5.41) is 3.44. The average Bonchev–Trinajstić information content (AvgIpc) is 2.89. The van der Waals surface area contributed by atoms with E-state index in [4.69, 9.17) is 4.42 Å². The number of fused-ring (bicyclic) bond motifs is 1. The van der Waals surface area contributed by atoms with Gasteiger partial charge in [0.05, 0.1) is 0 Å².